The lowest BCUT2D eigenvalue weighted by Crippen LogP contribution is -2.42. The highest BCUT2D eigenvalue weighted by Crippen LogP contribution is 2.67. The number of hydrogen-bond donors (Lipinski definition) is 1. The average molecular weight is 409 g/mol. The van der Waals surface area contributed by atoms with E-state index >= 15 is 0 Å². The molecule has 166 valence electrons. The lowest BCUT2D eigenvalue weighted by Gasteiger charge is -2.38. The van der Waals surface area contributed by atoms with Crippen LogP contribution in [0, 0.1) is 11.3 Å². The lowest BCUT2D eigenvalue weighted by atomic mass is 9.62. The highest BCUT2D eigenvalue weighted by atomic mass is 17.2. The Bertz CT molecular complexity index is 646. The molecule has 2 heterocycles. The fraction of sp³-hybridized carbons (Fsp3) is 0.875. The molecule has 2 saturated heterocycles. The maximum Gasteiger partial charge on any atom is 0.308 e. The van der Waals surface area contributed by atoms with Crippen LogP contribution in [-0.2, 0) is 19.3 Å². The van der Waals surface area contributed by atoms with E-state index in [4.69, 9.17) is 19.6 Å². The minimum Gasteiger partial charge on any atom is -0.481 e. The normalized spacial score (nSPS) is 40.2. The largest absolute Gasteiger partial charge is 0.481 e. The van der Waals surface area contributed by atoms with E-state index in [1.165, 1.54) is 24.8 Å². The van der Waals surface area contributed by atoms with Gasteiger partial charge in [-0.05, 0) is 90.9 Å². The topological polar surface area (TPSA) is 68.3 Å². The summed E-state index contributed by atoms with van der Waals surface area (Å²) < 4.78 is 6.37. The van der Waals surface area contributed by atoms with Crippen LogP contribution >= 0.6 is 0 Å². The van der Waals surface area contributed by atoms with Crippen LogP contribution in [0.1, 0.15) is 99.3 Å². The summed E-state index contributed by atoms with van der Waals surface area (Å²) in [5, 5.41) is 9.13. The second-order valence-corrected chi connectivity index (χ2v) is 10.8. The summed E-state index contributed by atoms with van der Waals surface area (Å²) in [5.41, 5.74) is 1.46. The van der Waals surface area contributed by atoms with E-state index in [-0.39, 0.29) is 28.3 Å². The van der Waals surface area contributed by atoms with Crippen molar-refractivity contribution < 1.29 is 24.4 Å². The quantitative estimate of drug-likeness (QED) is 0.311. The summed E-state index contributed by atoms with van der Waals surface area (Å²) in [7, 11) is 0. The first-order valence-electron chi connectivity index (χ1n) is 11.4. The van der Waals surface area contributed by atoms with Crippen LogP contribution < -0.4 is 0 Å². The van der Waals surface area contributed by atoms with E-state index in [2.05, 4.69) is 40.7 Å². The molecular formula is C24H40O5. The number of aliphatic carboxylic acids is 1. The average Bonchev–Trinajstić information content (AvgIpc) is 3.27. The molecule has 3 fully saturated rings. The minimum atomic E-state index is -0.836. The summed E-state index contributed by atoms with van der Waals surface area (Å²) in [5.74, 6) is -1.38. The van der Waals surface area contributed by atoms with Gasteiger partial charge in [0.2, 0.25) is 0 Å². The molecule has 2 aliphatic heterocycles. The molecule has 0 aromatic carbocycles. The summed E-state index contributed by atoms with van der Waals surface area (Å²) in [4.78, 5) is 22.2. The fourth-order valence-corrected chi connectivity index (χ4v) is 5.66. The maximum atomic E-state index is 11.1. The Hall–Kier alpha value is -0.910. The van der Waals surface area contributed by atoms with Gasteiger partial charge in [-0.3, -0.25) is 4.79 Å². The summed E-state index contributed by atoms with van der Waals surface area (Å²) in [6.07, 6.45) is 11.2. The zero-order valence-electron chi connectivity index (χ0n) is 19.2. The Kier molecular flexibility index (Phi) is 6.26. The van der Waals surface area contributed by atoms with Gasteiger partial charge in [0.15, 0.2) is 0 Å². The van der Waals surface area contributed by atoms with Crippen molar-refractivity contribution in [1.82, 2.24) is 0 Å². The molecule has 0 aromatic rings. The Morgan fingerprint density at radius 1 is 1.17 bits per heavy atom. The molecule has 1 N–H and O–H groups in total. The zero-order valence-corrected chi connectivity index (χ0v) is 19.2. The standard InChI is InChI=1S/C24H40O5/c1-17(10-16-24-21(3,4)12-8-14-23(24,6)28-24)9-7-13-22(5)15-11-19(27-29-22)18(2)20(25)26/h9,18-19H,7-8,10-16H2,1-6H3,(H,25,26)/b17-9+/t18-,19-,22-,23?,24?/m1/s1. The highest BCUT2D eigenvalue weighted by molar-refractivity contribution is 5.70. The van der Waals surface area contributed by atoms with E-state index in [9.17, 15) is 4.79 Å². The second-order valence-electron chi connectivity index (χ2n) is 10.8. The van der Waals surface area contributed by atoms with Gasteiger partial charge < -0.3 is 9.84 Å². The Labute approximate surface area is 176 Å². The number of rotatable bonds is 8. The lowest BCUT2D eigenvalue weighted by molar-refractivity contribution is -0.411. The van der Waals surface area contributed by atoms with Crippen molar-refractivity contribution >= 4 is 5.97 Å². The van der Waals surface area contributed by atoms with Gasteiger partial charge in [0, 0.05) is 0 Å². The van der Waals surface area contributed by atoms with Crippen molar-refractivity contribution in [2.75, 3.05) is 0 Å². The molecule has 5 atom stereocenters. The summed E-state index contributed by atoms with van der Waals surface area (Å²) >= 11 is 0. The second kappa shape index (κ2) is 7.97. The fourth-order valence-electron chi connectivity index (χ4n) is 5.66. The van der Waals surface area contributed by atoms with E-state index in [1.54, 1.807) is 6.92 Å². The van der Waals surface area contributed by atoms with Gasteiger partial charge in [-0.25, -0.2) is 9.78 Å². The number of carboxylic acid groups (broad SMARTS) is 1. The van der Waals surface area contributed by atoms with Crippen molar-refractivity contribution in [2.24, 2.45) is 11.3 Å². The number of hydrogen-bond acceptors (Lipinski definition) is 4. The predicted octanol–water partition coefficient (Wildman–Crippen LogP) is 5.82. The molecule has 3 aliphatic rings. The van der Waals surface area contributed by atoms with Crippen molar-refractivity contribution in [2.45, 2.75) is 122 Å². The molecule has 5 heteroatoms. The van der Waals surface area contributed by atoms with Crippen LogP contribution in [0.3, 0.4) is 0 Å². The molecule has 0 amide bonds. The molecule has 2 unspecified atom stereocenters. The van der Waals surface area contributed by atoms with Crippen molar-refractivity contribution in [1.29, 1.82) is 0 Å². The first-order chi connectivity index (χ1) is 13.4. The molecule has 0 bridgehead atoms. The Morgan fingerprint density at radius 2 is 1.90 bits per heavy atom. The predicted molar refractivity (Wildman–Crippen MR) is 112 cm³/mol. The Morgan fingerprint density at radius 3 is 2.48 bits per heavy atom. The third-order valence-electron chi connectivity index (χ3n) is 8.08. The third-order valence-corrected chi connectivity index (χ3v) is 8.08. The van der Waals surface area contributed by atoms with Crippen LogP contribution in [0.5, 0.6) is 0 Å². The molecule has 0 spiro atoms. The van der Waals surface area contributed by atoms with Gasteiger partial charge in [0.05, 0.1) is 11.5 Å². The molecule has 1 saturated carbocycles. The molecule has 3 rings (SSSR count). The third kappa shape index (κ3) is 4.42. The number of epoxide rings is 1. The minimum absolute atomic E-state index is 0.0511. The number of carbonyl (C=O) groups is 1. The van der Waals surface area contributed by atoms with E-state index in [1.807, 2.05) is 0 Å². The number of allylic oxidation sites excluding steroid dienone is 2. The molecule has 1 aliphatic carbocycles. The smallest absolute Gasteiger partial charge is 0.308 e. The number of ether oxygens (including phenoxy) is 1. The van der Waals surface area contributed by atoms with E-state index < -0.39 is 11.9 Å². The van der Waals surface area contributed by atoms with Gasteiger partial charge in [0.25, 0.3) is 0 Å². The van der Waals surface area contributed by atoms with Gasteiger partial charge in [-0.1, -0.05) is 25.5 Å². The van der Waals surface area contributed by atoms with Gasteiger partial charge in [0.1, 0.15) is 17.3 Å². The molecule has 0 aromatic heterocycles. The first-order valence-corrected chi connectivity index (χ1v) is 11.4. The van der Waals surface area contributed by atoms with Crippen LogP contribution in [0.4, 0.5) is 0 Å². The van der Waals surface area contributed by atoms with Crippen molar-refractivity contribution in [3.8, 4) is 0 Å². The van der Waals surface area contributed by atoms with E-state index in [0.29, 0.717) is 0 Å². The highest BCUT2D eigenvalue weighted by Gasteiger charge is 2.73. The number of carboxylic acids is 1. The summed E-state index contributed by atoms with van der Waals surface area (Å²) in [6.45, 7) is 13.0. The van der Waals surface area contributed by atoms with Gasteiger partial charge in [-0.15, -0.1) is 0 Å². The van der Waals surface area contributed by atoms with Crippen molar-refractivity contribution in [3.05, 3.63) is 11.6 Å². The van der Waals surface area contributed by atoms with E-state index in [0.717, 1.165) is 38.5 Å². The van der Waals surface area contributed by atoms with Crippen LogP contribution in [-0.4, -0.2) is 34.0 Å². The monoisotopic (exact) mass is 408 g/mol. The van der Waals surface area contributed by atoms with Crippen LogP contribution in [0.25, 0.3) is 0 Å². The molecule has 29 heavy (non-hydrogen) atoms. The van der Waals surface area contributed by atoms with Gasteiger partial charge in [-0.2, -0.15) is 0 Å². The maximum absolute atomic E-state index is 11.1. The van der Waals surface area contributed by atoms with Crippen molar-refractivity contribution in [3.63, 3.8) is 0 Å². The molecular weight excluding hydrogens is 368 g/mol. The SMILES string of the molecule is C/C(=C\CC[C@]1(C)CC[C@H]([C@@H](C)C(=O)O)OO1)CCC12OC1(C)CCCC2(C)C. The van der Waals surface area contributed by atoms with Crippen LogP contribution in [0.2, 0.25) is 0 Å². The summed E-state index contributed by atoms with van der Waals surface area (Å²) in [6, 6.07) is 0. The zero-order chi connectivity index (χ0) is 21.5. The number of fused-ring (bicyclic) bond motifs is 1. The molecule has 0 radical (unpaired) electrons. The molecule has 5 nitrogen and oxygen atoms in total. The first kappa shape index (κ1) is 22.8. The Balaban J connectivity index is 1.45. The van der Waals surface area contributed by atoms with Gasteiger partial charge >= 0.3 is 5.97 Å². The van der Waals surface area contributed by atoms with Crippen LogP contribution in [0.15, 0.2) is 11.6 Å².